The number of esters is 1. The lowest BCUT2D eigenvalue weighted by atomic mass is 10.1. The zero-order valence-corrected chi connectivity index (χ0v) is 19.3. The van der Waals surface area contributed by atoms with Gasteiger partial charge in [-0.1, -0.05) is 6.07 Å². The molecule has 11 nitrogen and oxygen atoms in total. The average molecular weight is 485 g/mol. The maximum atomic E-state index is 12.0. The Labute approximate surface area is 201 Å². The van der Waals surface area contributed by atoms with Gasteiger partial charge in [0.25, 0.3) is 0 Å². The normalized spacial score (nSPS) is 11.9. The Balaban J connectivity index is 1.84. The quantitative estimate of drug-likeness (QED) is 0.153. The van der Waals surface area contributed by atoms with Crippen LogP contribution in [0.1, 0.15) is 35.2 Å². The fraction of sp³-hybridized carbons (Fsp3) is 0.292. The Morgan fingerprint density at radius 2 is 1.80 bits per heavy atom. The molecule has 2 aromatic carbocycles. The Morgan fingerprint density at radius 1 is 1.06 bits per heavy atom. The van der Waals surface area contributed by atoms with Gasteiger partial charge < -0.3 is 30.1 Å². The van der Waals surface area contributed by atoms with Crippen LogP contribution in [0.25, 0.3) is 6.08 Å². The van der Waals surface area contributed by atoms with Crippen molar-refractivity contribution in [2.75, 3.05) is 20.8 Å². The van der Waals surface area contributed by atoms with Crippen molar-refractivity contribution in [3.63, 3.8) is 0 Å². The van der Waals surface area contributed by atoms with Gasteiger partial charge in [-0.3, -0.25) is 4.79 Å². The van der Waals surface area contributed by atoms with Crippen molar-refractivity contribution in [1.82, 2.24) is 5.32 Å². The summed E-state index contributed by atoms with van der Waals surface area (Å²) in [7, 11) is 2.66. The molecule has 0 saturated carbocycles. The Hall–Kier alpha value is -4.41. The molecule has 186 valence electrons. The van der Waals surface area contributed by atoms with E-state index in [0.717, 1.165) is 6.07 Å². The molecule has 0 aliphatic carbocycles. The molecule has 0 saturated heterocycles. The van der Waals surface area contributed by atoms with Crippen LogP contribution in [-0.2, 0) is 14.3 Å². The van der Waals surface area contributed by atoms with Gasteiger partial charge in [0.15, 0.2) is 17.5 Å². The first-order chi connectivity index (χ1) is 16.7. The standard InChI is InChI=1S/C24H27N3O8/c1-34-21-13-15(6-9-20(21)29)7-11-22(30)25-12-4-3-5-18(24(33)35-2)27-26-16-8-10-19(28)17(14-16)23(31)32/h6-11,13-14,18,28-29H,3-5,12H2,1-2H3,(H,25,30)(H,31,32)/b11-7+,27-26?/t18-/m0/s1. The van der Waals surface area contributed by atoms with Crippen LogP contribution in [0, 0.1) is 0 Å². The minimum Gasteiger partial charge on any atom is -0.507 e. The number of benzene rings is 2. The molecular weight excluding hydrogens is 458 g/mol. The van der Waals surface area contributed by atoms with Crippen molar-refractivity contribution >= 4 is 29.6 Å². The minimum absolute atomic E-state index is 0.00646. The van der Waals surface area contributed by atoms with Crippen LogP contribution in [0.15, 0.2) is 52.7 Å². The molecule has 0 aliphatic heterocycles. The lowest BCUT2D eigenvalue weighted by Crippen LogP contribution is -2.23. The molecule has 2 aromatic rings. The minimum atomic E-state index is -1.32. The van der Waals surface area contributed by atoms with Gasteiger partial charge >= 0.3 is 11.9 Å². The number of nitrogens with one attached hydrogen (secondary N) is 1. The molecule has 0 radical (unpaired) electrons. The van der Waals surface area contributed by atoms with Crippen molar-refractivity contribution in [1.29, 1.82) is 0 Å². The molecule has 4 N–H and O–H groups in total. The van der Waals surface area contributed by atoms with E-state index < -0.39 is 23.7 Å². The van der Waals surface area contributed by atoms with Gasteiger partial charge in [0.1, 0.15) is 11.3 Å². The highest BCUT2D eigenvalue weighted by Crippen LogP contribution is 2.27. The third kappa shape index (κ3) is 8.46. The first-order valence-corrected chi connectivity index (χ1v) is 10.6. The molecule has 1 amide bonds. The predicted octanol–water partition coefficient (Wildman–Crippen LogP) is 3.43. The molecule has 0 aliphatic rings. The van der Waals surface area contributed by atoms with Gasteiger partial charge in [-0.2, -0.15) is 10.2 Å². The number of ether oxygens (including phenoxy) is 2. The van der Waals surface area contributed by atoms with Gasteiger partial charge in [-0.15, -0.1) is 0 Å². The monoisotopic (exact) mass is 485 g/mol. The maximum absolute atomic E-state index is 12.0. The van der Waals surface area contributed by atoms with Crippen LogP contribution < -0.4 is 10.1 Å². The first kappa shape index (κ1) is 26.8. The van der Waals surface area contributed by atoms with E-state index in [1.54, 1.807) is 18.2 Å². The van der Waals surface area contributed by atoms with Crippen LogP contribution in [0.2, 0.25) is 0 Å². The third-order valence-electron chi connectivity index (χ3n) is 4.83. The van der Waals surface area contributed by atoms with Gasteiger partial charge in [-0.25, -0.2) is 9.59 Å². The van der Waals surface area contributed by atoms with E-state index in [-0.39, 0.29) is 22.9 Å². The van der Waals surface area contributed by atoms with Crippen molar-refractivity contribution < 1.29 is 39.2 Å². The maximum Gasteiger partial charge on any atom is 0.339 e. The number of carboxylic acid groups (broad SMARTS) is 1. The van der Waals surface area contributed by atoms with Crippen molar-refractivity contribution in [2.45, 2.75) is 25.3 Å². The number of nitrogens with zero attached hydrogens (tertiary/aromatic N) is 2. The number of aromatic carboxylic acids is 1. The van der Waals surface area contributed by atoms with Gasteiger partial charge in [0, 0.05) is 12.6 Å². The zero-order valence-electron chi connectivity index (χ0n) is 19.3. The van der Waals surface area contributed by atoms with Crippen LogP contribution in [0.3, 0.4) is 0 Å². The second-order valence-corrected chi connectivity index (χ2v) is 7.31. The van der Waals surface area contributed by atoms with E-state index in [2.05, 4.69) is 15.5 Å². The Kier molecular flexibility index (Phi) is 10.2. The number of aromatic hydroxyl groups is 2. The summed E-state index contributed by atoms with van der Waals surface area (Å²) in [5.74, 6) is -2.31. The molecule has 11 heteroatoms. The lowest BCUT2D eigenvalue weighted by molar-refractivity contribution is -0.142. The van der Waals surface area contributed by atoms with Crippen LogP contribution >= 0.6 is 0 Å². The van der Waals surface area contributed by atoms with Crippen LogP contribution in [-0.4, -0.2) is 60.0 Å². The summed E-state index contributed by atoms with van der Waals surface area (Å²) < 4.78 is 9.77. The summed E-state index contributed by atoms with van der Waals surface area (Å²) in [4.78, 5) is 35.1. The molecule has 0 unspecified atom stereocenters. The number of methoxy groups -OCH3 is 2. The van der Waals surface area contributed by atoms with Gasteiger partial charge in [-0.05, 0) is 61.2 Å². The number of rotatable bonds is 12. The molecular formula is C24H27N3O8. The highest BCUT2D eigenvalue weighted by atomic mass is 16.5. The van der Waals surface area contributed by atoms with Crippen LogP contribution in [0.4, 0.5) is 5.69 Å². The smallest absolute Gasteiger partial charge is 0.339 e. The molecule has 0 bridgehead atoms. The van der Waals surface area contributed by atoms with E-state index in [4.69, 9.17) is 14.6 Å². The molecule has 0 spiro atoms. The number of azo groups is 1. The number of hydrogen-bond acceptors (Lipinski definition) is 9. The highest BCUT2D eigenvalue weighted by Gasteiger charge is 2.18. The second-order valence-electron chi connectivity index (χ2n) is 7.31. The number of carboxylic acids is 1. The Bertz CT molecular complexity index is 1110. The molecule has 1 atom stereocenters. The Morgan fingerprint density at radius 3 is 2.49 bits per heavy atom. The molecule has 0 heterocycles. The summed E-state index contributed by atoms with van der Waals surface area (Å²) in [6.45, 7) is 0.368. The number of amides is 1. The average Bonchev–Trinajstić information content (AvgIpc) is 2.85. The first-order valence-electron chi connectivity index (χ1n) is 10.6. The SMILES string of the molecule is COC(=O)[C@H](CCCCNC(=O)/C=C/c1ccc(O)c(OC)c1)N=Nc1ccc(O)c(C(=O)O)c1. The number of hydrogen-bond donors (Lipinski definition) is 4. The van der Waals surface area contributed by atoms with E-state index in [1.165, 1.54) is 38.5 Å². The predicted molar refractivity (Wildman–Crippen MR) is 126 cm³/mol. The van der Waals surface area contributed by atoms with Crippen LogP contribution in [0.5, 0.6) is 17.2 Å². The van der Waals surface area contributed by atoms with E-state index in [1.807, 2.05) is 0 Å². The number of carbonyl (C=O) groups is 3. The fourth-order valence-electron chi connectivity index (χ4n) is 2.96. The number of phenolic OH excluding ortho intramolecular Hbond substituents is 1. The van der Waals surface area contributed by atoms with E-state index in [9.17, 15) is 24.6 Å². The summed E-state index contributed by atoms with van der Waals surface area (Å²) >= 11 is 0. The molecule has 2 rings (SSSR count). The lowest BCUT2D eigenvalue weighted by Gasteiger charge is -2.09. The number of carbonyl (C=O) groups excluding carboxylic acids is 2. The molecule has 0 fully saturated rings. The van der Waals surface area contributed by atoms with Crippen molar-refractivity contribution in [2.24, 2.45) is 10.2 Å². The fourth-order valence-corrected chi connectivity index (χ4v) is 2.96. The summed E-state index contributed by atoms with van der Waals surface area (Å²) in [5, 5.41) is 38.8. The van der Waals surface area contributed by atoms with Gasteiger partial charge in [0.2, 0.25) is 5.91 Å². The molecule has 0 aromatic heterocycles. The van der Waals surface area contributed by atoms with Crippen molar-refractivity contribution in [3.8, 4) is 17.2 Å². The summed E-state index contributed by atoms with van der Waals surface area (Å²) in [6, 6.07) is 7.51. The third-order valence-corrected chi connectivity index (χ3v) is 4.83. The zero-order chi connectivity index (χ0) is 25.8. The van der Waals surface area contributed by atoms with Gasteiger partial charge in [0.05, 0.1) is 19.9 Å². The van der Waals surface area contributed by atoms with Crippen molar-refractivity contribution in [3.05, 3.63) is 53.6 Å². The second kappa shape index (κ2) is 13.3. The summed E-state index contributed by atoms with van der Waals surface area (Å²) in [6.07, 6.45) is 4.36. The largest absolute Gasteiger partial charge is 0.507 e. The van der Waals surface area contributed by atoms with E-state index >= 15 is 0 Å². The summed E-state index contributed by atoms with van der Waals surface area (Å²) in [5.41, 5.74) is 0.523. The number of unbranched alkanes of at least 4 members (excludes halogenated alkanes) is 1. The van der Waals surface area contributed by atoms with E-state index in [0.29, 0.717) is 37.1 Å². The number of phenols is 2. The molecule has 35 heavy (non-hydrogen) atoms. The highest BCUT2D eigenvalue weighted by molar-refractivity contribution is 5.92. The topological polar surface area (TPSA) is 167 Å².